The number of amides is 1. The maximum Gasteiger partial charge on any atom is 0.494 e. The molecule has 2 fully saturated rings. The molecule has 0 aromatic carbocycles. The number of pyridine rings is 1. The average Bonchev–Trinajstić information content (AvgIpc) is 3.52. The van der Waals surface area contributed by atoms with Crippen molar-refractivity contribution in [3.63, 3.8) is 0 Å². The van der Waals surface area contributed by atoms with Crippen molar-refractivity contribution in [3.05, 3.63) is 52.3 Å². The Morgan fingerprint density at radius 1 is 1.33 bits per heavy atom. The van der Waals surface area contributed by atoms with Crippen molar-refractivity contribution in [2.45, 2.75) is 44.4 Å². The van der Waals surface area contributed by atoms with Gasteiger partial charge in [0.05, 0.1) is 51.6 Å². The third kappa shape index (κ3) is 5.51. The number of carbonyl (C=O) groups is 1. The van der Waals surface area contributed by atoms with Gasteiger partial charge in [0.15, 0.2) is 11.5 Å². The number of nitrogens with zero attached hydrogens (tertiary/aromatic N) is 5. The molecule has 4 heterocycles. The molecule has 1 aliphatic carbocycles. The van der Waals surface area contributed by atoms with Crippen LogP contribution in [0, 0.1) is 16.1 Å². The molecule has 1 saturated heterocycles. The van der Waals surface area contributed by atoms with Crippen LogP contribution in [0.1, 0.15) is 54.6 Å². The van der Waals surface area contributed by atoms with E-state index in [4.69, 9.17) is 9.47 Å². The highest BCUT2D eigenvalue weighted by molar-refractivity contribution is 7.93. The fourth-order valence-electron chi connectivity index (χ4n) is 4.35. The number of halogens is 1. The largest absolute Gasteiger partial charge is 0.494 e. The predicted molar refractivity (Wildman–Crippen MR) is 138 cm³/mol. The summed E-state index contributed by atoms with van der Waals surface area (Å²) in [5.74, 6) is -1.71. The Balaban J connectivity index is 1.47. The number of thiazole rings is 1. The summed E-state index contributed by atoms with van der Waals surface area (Å²) in [5.41, 5.74) is -1.26. The zero-order chi connectivity index (χ0) is 27.8. The standard InChI is InChI=1S/C24H26FN6O6S2/c1-3-37-18-12-26-10-16(29-18)17-11-28-22(38-17)23(32)31(33)21(24(2)7-9-36-13-24)20-19(25)15(6-8-27-20)30-39(34,35)14-4-5-14/h6,8,10-12,14,21H,3-5,7,9,13H2,1-2H3,(H,27,30)/q+1/t21-,24?/m0/s1. The van der Waals surface area contributed by atoms with Crippen LogP contribution < -0.4 is 9.46 Å². The summed E-state index contributed by atoms with van der Waals surface area (Å²) >= 11 is 0.931. The van der Waals surface area contributed by atoms with Crippen LogP contribution in [0.5, 0.6) is 5.88 Å². The molecule has 1 N–H and O–H groups in total. The van der Waals surface area contributed by atoms with Gasteiger partial charge in [0, 0.05) is 23.9 Å². The van der Waals surface area contributed by atoms with Crippen LogP contribution in [0.15, 0.2) is 30.9 Å². The Hall–Kier alpha value is -3.43. The van der Waals surface area contributed by atoms with Crippen molar-refractivity contribution in [2.24, 2.45) is 5.41 Å². The maximum atomic E-state index is 15.8. The van der Waals surface area contributed by atoms with E-state index in [1.54, 1.807) is 6.92 Å². The van der Waals surface area contributed by atoms with Gasteiger partial charge in [-0.15, -0.1) is 11.3 Å². The summed E-state index contributed by atoms with van der Waals surface area (Å²) in [6.45, 7) is 4.29. The van der Waals surface area contributed by atoms with Crippen LogP contribution in [-0.2, 0) is 14.8 Å². The van der Waals surface area contributed by atoms with E-state index in [1.165, 1.54) is 30.9 Å². The first-order valence-corrected chi connectivity index (χ1v) is 14.6. The lowest BCUT2D eigenvalue weighted by Gasteiger charge is -2.25. The van der Waals surface area contributed by atoms with Crippen molar-refractivity contribution in [1.82, 2.24) is 19.9 Å². The van der Waals surface area contributed by atoms with Gasteiger partial charge in [0.2, 0.25) is 20.9 Å². The second-order valence-corrected chi connectivity index (χ2v) is 12.6. The highest BCUT2D eigenvalue weighted by Crippen LogP contribution is 2.44. The predicted octanol–water partition coefficient (Wildman–Crippen LogP) is 3.52. The molecular weight excluding hydrogens is 551 g/mol. The number of sulfonamides is 1. The molecule has 3 aromatic rings. The lowest BCUT2D eigenvalue weighted by atomic mass is 9.79. The molecule has 0 spiro atoms. The van der Waals surface area contributed by atoms with Gasteiger partial charge in [-0.05, 0) is 32.3 Å². The Labute approximate surface area is 227 Å². The van der Waals surface area contributed by atoms with Gasteiger partial charge in [-0.1, -0.05) is 6.92 Å². The number of carbonyl (C=O) groups excluding carboxylic acids is 1. The van der Waals surface area contributed by atoms with Gasteiger partial charge in [0.1, 0.15) is 5.69 Å². The zero-order valence-corrected chi connectivity index (χ0v) is 22.8. The highest BCUT2D eigenvalue weighted by Gasteiger charge is 2.54. The maximum absolute atomic E-state index is 15.8. The second-order valence-electron chi connectivity index (χ2n) is 9.60. The first kappa shape index (κ1) is 27.1. The number of rotatable bonds is 10. The van der Waals surface area contributed by atoms with Gasteiger partial charge in [-0.3, -0.25) is 14.7 Å². The molecule has 0 radical (unpaired) electrons. The van der Waals surface area contributed by atoms with E-state index in [-0.39, 0.29) is 27.8 Å². The van der Waals surface area contributed by atoms with Crippen molar-refractivity contribution < 1.29 is 31.8 Å². The number of nitroso groups, excluding NO2 is 1. The van der Waals surface area contributed by atoms with Crippen molar-refractivity contribution >= 4 is 33.0 Å². The molecule has 1 amide bonds. The number of hydrogen-bond acceptors (Lipinski definition) is 11. The van der Waals surface area contributed by atoms with Gasteiger partial charge in [0.25, 0.3) is 6.04 Å². The molecule has 15 heteroatoms. The number of ether oxygens (including phenoxy) is 2. The molecule has 0 bridgehead atoms. The number of anilines is 1. The number of hydrogen-bond donors (Lipinski definition) is 1. The summed E-state index contributed by atoms with van der Waals surface area (Å²) in [6, 6.07) is -0.226. The van der Waals surface area contributed by atoms with E-state index >= 15 is 4.39 Å². The van der Waals surface area contributed by atoms with Crippen LogP contribution in [0.2, 0.25) is 0 Å². The van der Waals surface area contributed by atoms with E-state index in [2.05, 4.69) is 24.7 Å². The van der Waals surface area contributed by atoms with E-state index in [9.17, 15) is 18.1 Å². The SMILES string of the molecule is CCOc1cncc(-c2cnc(C(=O)[N+](=O)[C@@H](c3nccc(NS(=O)(=O)C4CC4)c3F)C3(C)CCOC3)s2)n1. The Morgan fingerprint density at radius 2 is 2.13 bits per heavy atom. The van der Waals surface area contributed by atoms with Crippen LogP contribution in [-0.4, -0.2) is 64.1 Å². The molecule has 2 atom stereocenters. The lowest BCUT2D eigenvalue weighted by molar-refractivity contribution is -0.521. The summed E-state index contributed by atoms with van der Waals surface area (Å²) in [5, 5.41) is -0.720. The third-order valence-electron chi connectivity index (χ3n) is 6.58. The fourth-order valence-corrected chi connectivity index (χ4v) is 6.54. The van der Waals surface area contributed by atoms with Gasteiger partial charge >= 0.3 is 5.91 Å². The molecule has 39 heavy (non-hydrogen) atoms. The summed E-state index contributed by atoms with van der Waals surface area (Å²) in [4.78, 5) is 44.1. The molecule has 3 aromatic heterocycles. The molecular formula is C24H26FN6O6S2+. The zero-order valence-electron chi connectivity index (χ0n) is 21.2. The van der Waals surface area contributed by atoms with Crippen molar-refractivity contribution in [1.29, 1.82) is 0 Å². The average molecular weight is 578 g/mol. The lowest BCUT2D eigenvalue weighted by Crippen LogP contribution is -2.38. The number of nitrogens with one attached hydrogen (secondary N) is 1. The smallest absolute Gasteiger partial charge is 0.477 e. The van der Waals surface area contributed by atoms with Crippen molar-refractivity contribution in [3.8, 4) is 16.5 Å². The van der Waals surface area contributed by atoms with Crippen LogP contribution in [0.4, 0.5) is 10.1 Å². The monoisotopic (exact) mass is 577 g/mol. The minimum absolute atomic E-state index is 0.0752. The number of aromatic nitrogens is 4. The fraction of sp³-hybridized carbons (Fsp3) is 0.458. The summed E-state index contributed by atoms with van der Waals surface area (Å²) < 4.78 is 54.0. The molecule has 12 nitrogen and oxygen atoms in total. The van der Waals surface area contributed by atoms with Crippen LogP contribution in [0.3, 0.4) is 0 Å². The topological polar surface area (TPSA) is 153 Å². The Kier molecular flexibility index (Phi) is 7.39. The molecule has 1 saturated carbocycles. The van der Waals surface area contributed by atoms with E-state index in [0.29, 0.717) is 48.9 Å². The van der Waals surface area contributed by atoms with Gasteiger partial charge in [-0.25, -0.2) is 27.6 Å². The Bertz CT molecular complexity index is 1520. The van der Waals surface area contributed by atoms with E-state index in [1.807, 2.05) is 6.92 Å². The van der Waals surface area contributed by atoms with Crippen molar-refractivity contribution in [2.75, 3.05) is 24.5 Å². The van der Waals surface area contributed by atoms with Crippen LogP contribution >= 0.6 is 11.3 Å². The highest BCUT2D eigenvalue weighted by atomic mass is 32.2. The van der Waals surface area contributed by atoms with Gasteiger partial charge < -0.3 is 9.47 Å². The first-order valence-electron chi connectivity index (χ1n) is 12.3. The second kappa shape index (κ2) is 10.6. The van der Waals surface area contributed by atoms with Crippen LogP contribution in [0.25, 0.3) is 10.6 Å². The summed E-state index contributed by atoms with van der Waals surface area (Å²) in [7, 11) is -3.78. The third-order valence-corrected chi connectivity index (χ3v) is 9.44. The molecule has 1 aliphatic heterocycles. The van der Waals surface area contributed by atoms with Gasteiger partial charge in [-0.2, -0.15) is 0 Å². The Morgan fingerprint density at radius 3 is 2.82 bits per heavy atom. The minimum atomic E-state index is -3.78. The van der Waals surface area contributed by atoms with E-state index < -0.39 is 38.5 Å². The summed E-state index contributed by atoms with van der Waals surface area (Å²) in [6.07, 6.45) is 6.87. The quantitative estimate of drug-likeness (QED) is 0.354. The molecule has 2 aliphatic rings. The minimum Gasteiger partial charge on any atom is -0.477 e. The molecule has 206 valence electrons. The molecule has 5 rings (SSSR count). The van der Waals surface area contributed by atoms with E-state index in [0.717, 1.165) is 11.3 Å². The molecule has 1 unspecified atom stereocenters. The first-order chi connectivity index (χ1) is 18.6. The normalized spacial score (nSPS) is 20.0.